The number of fused-ring (bicyclic) bond motifs is 3. The molecule has 1 aromatic rings. The maximum Gasteiger partial charge on any atom is 0.0648 e. The number of hydrogen-bond acceptors (Lipinski definition) is 1. The SMILES string of the molecule is OC12CCC(c3cccc(Cl)c3)(CC1)CC2. The first-order valence-electron chi connectivity index (χ1n) is 6.11. The molecule has 0 heterocycles. The van der Waals surface area contributed by atoms with E-state index in [0.717, 1.165) is 43.5 Å². The van der Waals surface area contributed by atoms with Crippen LogP contribution in [0.2, 0.25) is 5.02 Å². The second kappa shape index (κ2) is 3.48. The predicted octanol–water partition coefficient (Wildman–Crippen LogP) is 3.68. The minimum atomic E-state index is -0.347. The average Bonchev–Trinajstić information content (AvgIpc) is 2.30. The summed E-state index contributed by atoms with van der Waals surface area (Å²) in [5.74, 6) is 0. The molecule has 1 aromatic carbocycles. The summed E-state index contributed by atoms with van der Waals surface area (Å²) in [6, 6.07) is 8.28. The summed E-state index contributed by atoms with van der Waals surface area (Å²) >= 11 is 6.07. The summed E-state index contributed by atoms with van der Waals surface area (Å²) in [5, 5.41) is 11.0. The molecule has 0 radical (unpaired) electrons. The van der Waals surface area contributed by atoms with Crippen LogP contribution in [-0.2, 0) is 5.41 Å². The topological polar surface area (TPSA) is 20.2 Å². The Balaban J connectivity index is 1.95. The quantitative estimate of drug-likeness (QED) is 0.789. The fraction of sp³-hybridized carbons (Fsp3) is 0.571. The molecule has 2 heteroatoms. The van der Waals surface area contributed by atoms with Crippen LogP contribution in [0.25, 0.3) is 0 Å². The zero-order valence-electron chi connectivity index (χ0n) is 9.38. The molecular formula is C14H17ClO. The highest BCUT2D eigenvalue weighted by molar-refractivity contribution is 6.30. The van der Waals surface area contributed by atoms with Crippen molar-refractivity contribution in [2.45, 2.75) is 49.5 Å². The van der Waals surface area contributed by atoms with Crippen molar-refractivity contribution in [3.8, 4) is 0 Å². The third-order valence-electron chi connectivity index (χ3n) is 4.64. The minimum absolute atomic E-state index is 0.301. The highest BCUT2D eigenvalue weighted by Crippen LogP contribution is 2.53. The van der Waals surface area contributed by atoms with E-state index in [-0.39, 0.29) is 5.60 Å². The molecule has 2 bridgehead atoms. The first kappa shape index (κ1) is 10.6. The van der Waals surface area contributed by atoms with Gasteiger partial charge in [0.05, 0.1) is 5.60 Å². The van der Waals surface area contributed by atoms with Crippen molar-refractivity contribution in [2.75, 3.05) is 0 Å². The molecule has 86 valence electrons. The van der Waals surface area contributed by atoms with Gasteiger partial charge in [-0.2, -0.15) is 0 Å². The van der Waals surface area contributed by atoms with Crippen LogP contribution in [-0.4, -0.2) is 10.7 Å². The van der Waals surface area contributed by atoms with Crippen LogP contribution in [0.3, 0.4) is 0 Å². The van der Waals surface area contributed by atoms with Crippen LogP contribution < -0.4 is 0 Å². The molecule has 1 N–H and O–H groups in total. The number of rotatable bonds is 1. The van der Waals surface area contributed by atoms with Crippen molar-refractivity contribution >= 4 is 11.6 Å². The lowest BCUT2D eigenvalue weighted by Crippen LogP contribution is -2.48. The van der Waals surface area contributed by atoms with Gasteiger partial charge in [0, 0.05) is 5.02 Å². The second-order valence-corrected chi connectivity index (χ2v) is 5.95. The van der Waals surface area contributed by atoms with E-state index < -0.39 is 0 Å². The standard InChI is InChI=1S/C14H17ClO/c15-12-3-1-2-11(10-12)13-4-7-14(16,8-5-13)9-6-13/h1-3,10,16H,4-9H2. The van der Waals surface area contributed by atoms with Crippen molar-refractivity contribution in [1.29, 1.82) is 0 Å². The van der Waals surface area contributed by atoms with Gasteiger partial charge >= 0.3 is 0 Å². The molecule has 0 saturated heterocycles. The Morgan fingerprint density at radius 3 is 2.19 bits per heavy atom. The Morgan fingerprint density at radius 1 is 1.00 bits per heavy atom. The molecule has 3 aliphatic rings. The van der Waals surface area contributed by atoms with E-state index >= 15 is 0 Å². The zero-order valence-corrected chi connectivity index (χ0v) is 10.1. The van der Waals surface area contributed by atoms with E-state index in [0.29, 0.717) is 5.41 Å². The summed E-state index contributed by atoms with van der Waals surface area (Å²) in [5.41, 5.74) is 1.33. The number of hydrogen-bond donors (Lipinski definition) is 1. The molecule has 16 heavy (non-hydrogen) atoms. The Labute approximate surface area is 101 Å². The maximum absolute atomic E-state index is 10.2. The molecule has 0 spiro atoms. The molecule has 0 amide bonds. The summed E-state index contributed by atoms with van der Waals surface area (Å²) < 4.78 is 0. The van der Waals surface area contributed by atoms with Gasteiger partial charge in [0.2, 0.25) is 0 Å². The first-order chi connectivity index (χ1) is 7.62. The molecule has 0 atom stereocenters. The highest BCUT2D eigenvalue weighted by Gasteiger charge is 2.48. The molecule has 0 aliphatic heterocycles. The molecular weight excluding hydrogens is 220 g/mol. The van der Waals surface area contributed by atoms with E-state index in [1.54, 1.807) is 0 Å². The summed E-state index contributed by atoms with van der Waals surface area (Å²) in [6.07, 6.45) is 6.22. The number of benzene rings is 1. The molecule has 3 aliphatic carbocycles. The van der Waals surface area contributed by atoms with Crippen molar-refractivity contribution < 1.29 is 5.11 Å². The van der Waals surface area contributed by atoms with E-state index in [1.807, 2.05) is 12.1 Å². The fourth-order valence-corrected chi connectivity index (χ4v) is 3.61. The van der Waals surface area contributed by atoms with Gasteiger partial charge in [-0.1, -0.05) is 23.7 Å². The van der Waals surface area contributed by atoms with Crippen LogP contribution in [0.15, 0.2) is 24.3 Å². The van der Waals surface area contributed by atoms with Gasteiger partial charge in [-0.05, 0) is 61.6 Å². The van der Waals surface area contributed by atoms with Crippen LogP contribution >= 0.6 is 11.6 Å². The zero-order chi connectivity index (χ0) is 11.2. The van der Waals surface area contributed by atoms with E-state index in [2.05, 4.69) is 12.1 Å². The van der Waals surface area contributed by atoms with Crippen molar-refractivity contribution in [3.05, 3.63) is 34.9 Å². The summed E-state index contributed by atoms with van der Waals surface area (Å²) in [7, 11) is 0. The largest absolute Gasteiger partial charge is 0.390 e. The fourth-order valence-electron chi connectivity index (χ4n) is 3.42. The lowest BCUT2D eigenvalue weighted by molar-refractivity contribution is -0.0660. The van der Waals surface area contributed by atoms with E-state index in [9.17, 15) is 5.11 Å². The lowest BCUT2D eigenvalue weighted by Gasteiger charge is -2.51. The van der Waals surface area contributed by atoms with Crippen molar-refractivity contribution in [2.24, 2.45) is 0 Å². The first-order valence-corrected chi connectivity index (χ1v) is 6.48. The van der Waals surface area contributed by atoms with Crippen LogP contribution in [0, 0.1) is 0 Å². The number of aliphatic hydroxyl groups is 1. The van der Waals surface area contributed by atoms with Gasteiger partial charge in [0.1, 0.15) is 0 Å². The minimum Gasteiger partial charge on any atom is -0.390 e. The van der Waals surface area contributed by atoms with Gasteiger partial charge in [0.15, 0.2) is 0 Å². The molecule has 1 nitrogen and oxygen atoms in total. The maximum atomic E-state index is 10.2. The van der Waals surface area contributed by atoms with Crippen LogP contribution in [0.1, 0.15) is 44.1 Å². The van der Waals surface area contributed by atoms with Gasteiger partial charge in [-0.25, -0.2) is 0 Å². The van der Waals surface area contributed by atoms with Gasteiger partial charge in [0.25, 0.3) is 0 Å². The highest BCUT2D eigenvalue weighted by atomic mass is 35.5. The summed E-state index contributed by atoms with van der Waals surface area (Å²) in [4.78, 5) is 0. The van der Waals surface area contributed by atoms with Crippen LogP contribution in [0.4, 0.5) is 0 Å². The van der Waals surface area contributed by atoms with Crippen molar-refractivity contribution in [3.63, 3.8) is 0 Å². The van der Waals surface area contributed by atoms with E-state index in [1.165, 1.54) is 5.56 Å². The van der Waals surface area contributed by atoms with Gasteiger partial charge in [-0.15, -0.1) is 0 Å². The van der Waals surface area contributed by atoms with Gasteiger partial charge < -0.3 is 5.11 Å². The Morgan fingerprint density at radius 2 is 1.62 bits per heavy atom. The number of halogens is 1. The Kier molecular flexibility index (Phi) is 2.31. The Bertz CT molecular complexity index is 388. The monoisotopic (exact) mass is 236 g/mol. The predicted molar refractivity (Wildman–Crippen MR) is 65.8 cm³/mol. The second-order valence-electron chi connectivity index (χ2n) is 5.52. The third-order valence-corrected chi connectivity index (χ3v) is 4.88. The molecule has 3 saturated carbocycles. The smallest absolute Gasteiger partial charge is 0.0648 e. The third kappa shape index (κ3) is 1.57. The molecule has 3 fully saturated rings. The van der Waals surface area contributed by atoms with E-state index in [4.69, 9.17) is 11.6 Å². The summed E-state index contributed by atoms with van der Waals surface area (Å²) in [6.45, 7) is 0. The van der Waals surface area contributed by atoms with Crippen LogP contribution in [0.5, 0.6) is 0 Å². The molecule has 4 rings (SSSR count). The Hall–Kier alpha value is -0.530. The average molecular weight is 237 g/mol. The lowest BCUT2D eigenvalue weighted by atomic mass is 9.56. The van der Waals surface area contributed by atoms with Crippen molar-refractivity contribution in [1.82, 2.24) is 0 Å². The molecule has 0 unspecified atom stereocenters. The normalized spacial score (nSPS) is 37.6. The molecule has 0 aromatic heterocycles. The van der Waals surface area contributed by atoms with Gasteiger partial charge in [-0.3, -0.25) is 0 Å².